The maximum Gasteiger partial charge on any atom is 0.0484 e. The summed E-state index contributed by atoms with van der Waals surface area (Å²) >= 11 is 3.56. The molecule has 0 unspecified atom stereocenters. The summed E-state index contributed by atoms with van der Waals surface area (Å²) in [6.45, 7) is 6.40. The van der Waals surface area contributed by atoms with Crippen LogP contribution in [0.3, 0.4) is 0 Å². The van der Waals surface area contributed by atoms with E-state index in [1.807, 2.05) is 6.07 Å². The van der Waals surface area contributed by atoms with Crippen molar-refractivity contribution in [1.29, 1.82) is 0 Å². The minimum absolute atomic E-state index is 0.922. The van der Waals surface area contributed by atoms with E-state index in [4.69, 9.17) is 0 Å². The van der Waals surface area contributed by atoms with Gasteiger partial charge in [-0.1, -0.05) is 34.1 Å². The van der Waals surface area contributed by atoms with Gasteiger partial charge in [-0.3, -0.25) is 4.90 Å². The van der Waals surface area contributed by atoms with E-state index in [1.165, 1.54) is 10.0 Å². The lowest BCUT2D eigenvalue weighted by molar-refractivity contribution is 0.223. The first-order chi connectivity index (χ1) is 7.86. The van der Waals surface area contributed by atoms with Gasteiger partial charge in [0.1, 0.15) is 0 Å². The highest BCUT2D eigenvalue weighted by Gasteiger charge is 2.08. The molecule has 88 valence electrons. The standard InChI is InChI=1S/C12H18BrN3/c13-12-4-2-1-3-11(12)9-15-10-16-7-5-14-6-8-16/h1-4,14-15H,5-10H2. The van der Waals surface area contributed by atoms with Crippen molar-refractivity contribution in [3.8, 4) is 0 Å². The molecule has 1 aromatic rings. The van der Waals surface area contributed by atoms with Gasteiger partial charge in [-0.2, -0.15) is 0 Å². The molecular formula is C12H18BrN3. The maximum absolute atomic E-state index is 3.56. The molecule has 0 aliphatic carbocycles. The Morgan fingerprint density at radius 2 is 2.00 bits per heavy atom. The average molecular weight is 284 g/mol. The molecule has 0 spiro atoms. The number of hydrogen-bond donors (Lipinski definition) is 2. The molecule has 3 nitrogen and oxygen atoms in total. The van der Waals surface area contributed by atoms with Crippen molar-refractivity contribution in [2.45, 2.75) is 6.54 Å². The second-order valence-corrected chi connectivity index (χ2v) is 4.90. The summed E-state index contributed by atoms with van der Waals surface area (Å²) in [5.41, 5.74) is 1.32. The molecule has 2 rings (SSSR count). The third-order valence-electron chi connectivity index (χ3n) is 2.82. The highest BCUT2D eigenvalue weighted by Crippen LogP contribution is 2.15. The van der Waals surface area contributed by atoms with Crippen LogP contribution < -0.4 is 10.6 Å². The first-order valence-corrected chi connectivity index (χ1v) is 6.53. The lowest BCUT2D eigenvalue weighted by atomic mass is 10.2. The minimum Gasteiger partial charge on any atom is -0.314 e. The van der Waals surface area contributed by atoms with E-state index >= 15 is 0 Å². The van der Waals surface area contributed by atoms with Crippen LogP contribution in [0.4, 0.5) is 0 Å². The summed E-state index contributed by atoms with van der Waals surface area (Å²) in [6, 6.07) is 8.35. The molecule has 16 heavy (non-hydrogen) atoms. The molecule has 0 amide bonds. The molecule has 4 heteroatoms. The second kappa shape index (κ2) is 6.35. The zero-order valence-electron chi connectivity index (χ0n) is 9.38. The Bertz CT molecular complexity index is 324. The Labute approximate surface area is 105 Å². The second-order valence-electron chi connectivity index (χ2n) is 4.04. The highest BCUT2D eigenvalue weighted by atomic mass is 79.9. The van der Waals surface area contributed by atoms with Crippen molar-refractivity contribution in [3.63, 3.8) is 0 Å². The molecule has 0 atom stereocenters. The summed E-state index contributed by atoms with van der Waals surface area (Å²) in [5, 5.41) is 6.84. The SMILES string of the molecule is Brc1ccccc1CNCN1CCNCC1. The van der Waals surface area contributed by atoms with E-state index in [2.05, 4.69) is 49.7 Å². The highest BCUT2D eigenvalue weighted by molar-refractivity contribution is 9.10. The zero-order valence-corrected chi connectivity index (χ0v) is 11.0. The van der Waals surface area contributed by atoms with Crippen LogP contribution in [0.25, 0.3) is 0 Å². The van der Waals surface area contributed by atoms with Gasteiger partial charge in [0.05, 0.1) is 0 Å². The summed E-state index contributed by atoms with van der Waals surface area (Å²) < 4.78 is 1.18. The third kappa shape index (κ3) is 3.56. The number of benzene rings is 1. The van der Waals surface area contributed by atoms with Crippen LogP contribution in [0.5, 0.6) is 0 Å². The molecule has 1 aliphatic heterocycles. The van der Waals surface area contributed by atoms with E-state index in [0.717, 1.165) is 39.4 Å². The van der Waals surface area contributed by atoms with Crippen LogP contribution in [-0.4, -0.2) is 37.7 Å². The van der Waals surface area contributed by atoms with Gasteiger partial charge < -0.3 is 10.6 Å². The quantitative estimate of drug-likeness (QED) is 0.875. The Hall–Kier alpha value is -0.420. The van der Waals surface area contributed by atoms with Gasteiger partial charge in [0.2, 0.25) is 0 Å². The lowest BCUT2D eigenvalue weighted by Crippen LogP contribution is -2.46. The van der Waals surface area contributed by atoms with E-state index in [-0.39, 0.29) is 0 Å². The summed E-state index contributed by atoms with van der Waals surface area (Å²) in [4.78, 5) is 2.44. The van der Waals surface area contributed by atoms with E-state index in [1.54, 1.807) is 0 Å². The summed E-state index contributed by atoms with van der Waals surface area (Å²) in [5.74, 6) is 0. The van der Waals surface area contributed by atoms with Crippen LogP contribution in [0.2, 0.25) is 0 Å². The summed E-state index contributed by atoms with van der Waals surface area (Å²) in [7, 11) is 0. The fourth-order valence-electron chi connectivity index (χ4n) is 1.86. The summed E-state index contributed by atoms with van der Waals surface area (Å²) in [6.07, 6.45) is 0. The Morgan fingerprint density at radius 1 is 1.25 bits per heavy atom. The van der Waals surface area contributed by atoms with Crippen LogP contribution in [0.1, 0.15) is 5.56 Å². The van der Waals surface area contributed by atoms with Crippen molar-refractivity contribution < 1.29 is 0 Å². The number of rotatable bonds is 4. The number of hydrogen-bond acceptors (Lipinski definition) is 3. The van der Waals surface area contributed by atoms with Gasteiger partial charge >= 0.3 is 0 Å². The van der Waals surface area contributed by atoms with E-state index < -0.39 is 0 Å². The Kier molecular flexibility index (Phi) is 4.78. The van der Waals surface area contributed by atoms with Crippen LogP contribution in [-0.2, 0) is 6.54 Å². The van der Waals surface area contributed by atoms with Crippen molar-refractivity contribution in [3.05, 3.63) is 34.3 Å². The molecule has 2 N–H and O–H groups in total. The van der Waals surface area contributed by atoms with Gasteiger partial charge in [0.25, 0.3) is 0 Å². The predicted molar refractivity (Wildman–Crippen MR) is 70.3 cm³/mol. The fourth-order valence-corrected chi connectivity index (χ4v) is 2.28. The molecule has 1 aliphatic rings. The lowest BCUT2D eigenvalue weighted by Gasteiger charge is -2.27. The molecule has 0 aromatic heterocycles. The predicted octanol–water partition coefficient (Wildman–Crippen LogP) is 1.40. The van der Waals surface area contributed by atoms with Gasteiger partial charge in [-0.05, 0) is 11.6 Å². The molecule has 1 fully saturated rings. The molecule has 1 aromatic carbocycles. The average Bonchev–Trinajstić information content (AvgIpc) is 2.33. The normalized spacial score (nSPS) is 17.6. The largest absolute Gasteiger partial charge is 0.314 e. The van der Waals surface area contributed by atoms with Crippen molar-refractivity contribution in [1.82, 2.24) is 15.5 Å². The molecule has 1 heterocycles. The van der Waals surface area contributed by atoms with Gasteiger partial charge in [0.15, 0.2) is 0 Å². The number of nitrogens with zero attached hydrogens (tertiary/aromatic N) is 1. The van der Waals surface area contributed by atoms with E-state index in [9.17, 15) is 0 Å². The number of piperazine rings is 1. The van der Waals surface area contributed by atoms with Crippen molar-refractivity contribution in [2.24, 2.45) is 0 Å². The zero-order chi connectivity index (χ0) is 11.2. The van der Waals surface area contributed by atoms with Gasteiger partial charge in [0, 0.05) is 43.9 Å². The Morgan fingerprint density at radius 3 is 2.75 bits per heavy atom. The number of halogens is 1. The Balaban J connectivity index is 1.73. The first kappa shape index (κ1) is 12.0. The fraction of sp³-hybridized carbons (Fsp3) is 0.500. The smallest absolute Gasteiger partial charge is 0.0484 e. The maximum atomic E-state index is 3.56. The van der Waals surface area contributed by atoms with Gasteiger partial charge in [-0.25, -0.2) is 0 Å². The number of nitrogens with one attached hydrogen (secondary N) is 2. The third-order valence-corrected chi connectivity index (χ3v) is 3.59. The molecular weight excluding hydrogens is 266 g/mol. The van der Waals surface area contributed by atoms with Crippen LogP contribution >= 0.6 is 15.9 Å². The minimum atomic E-state index is 0.922. The van der Waals surface area contributed by atoms with Crippen molar-refractivity contribution >= 4 is 15.9 Å². The topological polar surface area (TPSA) is 27.3 Å². The molecule has 0 radical (unpaired) electrons. The first-order valence-electron chi connectivity index (χ1n) is 5.73. The molecule has 0 saturated carbocycles. The molecule has 1 saturated heterocycles. The van der Waals surface area contributed by atoms with Gasteiger partial charge in [-0.15, -0.1) is 0 Å². The molecule has 0 bridgehead atoms. The monoisotopic (exact) mass is 283 g/mol. The van der Waals surface area contributed by atoms with Crippen LogP contribution in [0, 0.1) is 0 Å². The van der Waals surface area contributed by atoms with E-state index in [0.29, 0.717) is 0 Å². The van der Waals surface area contributed by atoms with Crippen LogP contribution in [0.15, 0.2) is 28.7 Å². The van der Waals surface area contributed by atoms with Crippen molar-refractivity contribution in [2.75, 3.05) is 32.8 Å².